The lowest BCUT2D eigenvalue weighted by Gasteiger charge is -2.29. The fourth-order valence-corrected chi connectivity index (χ4v) is 1.98. The van der Waals surface area contributed by atoms with Crippen LogP contribution >= 0.6 is 0 Å². The molecule has 1 fully saturated rings. The number of hydrogen-bond donors (Lipinski definition) is 0. The lowest BCUT2D eigenvalue weighted by molar-refractivity contribution is -0.135. The summed E-state index contributed by atoms with van der Waals surface area (Å²) in [5.74, 6) is 0.392. The Morgan fingerprint density at radius 3 is 2.56 bits per heavy atom. The van der Waals surface area contributed by atoms with E-state index in [1.54, 1.807) is 4.90 Å². The van der Waals surface area contributed by atoms with Gasteiger partial charge in [0.15, 0.2) is 0 Å². The van der Waals surface area contributed by atoms with Gasteiger partial charge in [0.2, 0.25) is 5.91 Å². The molecule has 0 aromatic rings. The maximum atomic E-state index is 12.0. The summed E-state index contributed by atoms with van der Waals surface area (Å²) < 4.78 is 5.30. The summed E-state index contributed by atoms with van der Waals surface area (Å²) >= 11 is 0. The zero-order valence-corrected chi connectivity index (χ0v) is 11.5. The number of rotatable bonds is 7. The Hall–Kier alpha value is -0.940. The third kappa shape index (κ3) is 5.14. The zero-order chi connectivity index (χ0) is 13.4. The molecule has 18 heavy (non-hydrogen) atoms. The smallest absolute Gasteiger partial charge is 0.236 e. The predicted molar refractivity (Wildman–Crippen MR) is 69.4 cm³/mol. The van der Waals surface area contributed by atoms with Crippen molar-refractivity contribution in [1.29, 1.82) is 0 Å². The second kappa shape index (κ2) is 8.21. The van der Waals surface area contributed by atoms with Gasteiger partial charge in [-0.25, -0.2) is 0 Å². The Kier molecular flexibility index (Phi) is 6.90. The van der Waals surface area contributed by atoms with Crippen LogP contribution in [0.5, 0.6) is 0 Å². The molecule has 0 bridgehead atoms. The molecular formula is C13H24N2O3. The summed E-state index contributed by atoms with van der Waals surface area (Å²) in [6.45, 7) is 8.59. The highest BCUT2D eigenvalue weighted by atomic mass is 16.5. The summed E-state index contributed by atoms with van der Waals surface area (Å²) in [6, 6.07) is 0. The SMILES string of the molecule is CCOCCN(CC)CC(=O)N1CCC(=O)CC1. The van der Waals surface area contributed by atoms with Gasteiger partial charge in [0.25, 0.3) is 0 Å². The van der Waals surface area contributed by atoms with Gasteiger partial charge in [0, 0.05) is 39.1 Å². The first kappa shape index (κ1) is 15.1. The number of likely N-dealkylation sites (N-methyl/N-ethyl adjacent to an activating group) is 1. The highest BCUT2D eigenvalue weighted by Crippen LogP contribution is 2.06. The van der Waals surface area contributed by atoms with Crippen molar-refractivity contribution in [2.75, 3.05) is 45.9 Å². The summed E-state index contributed by atoms with van der Waals surface area (Å²) in [7, 11) is 0. The van der Waals surface area contributed by atoms with Crippen molar-refractivity contribution >= 4 is 11.7 Å². The maximum absolute atomic E-state index is 12.0. The molecule has 0 saturated carbocycles. The number of ether oxygens (including phenoxy) is 1. The van der Waals surface area contributed by atoms with Crippen LogP contribution in [0, 0.1) is 0 Å². The molecule has 0 aromatic heterocycles. The van der Waals surface area contributed by atoms with Crippen molar-refractivity contribution in [3.8, 4) is 0 Å². The molecule has 1 aliphatic heterocycles. The fraction of sp³-hybridized carbons (Fsp3) is 0.846. The van der Waals surface area contributed by atoms with Crippen LogP contribution in [0.15, 0.2) is 0 Å². The summed E-state index contributed by atoms with van der Waals surface area (Å²) in [5, 5.41) is 0. The zero-order valence-electron chi connectivity index (χ0n) is 11.5. The molecule has 1 amide bonds. The van der Waals surface area contributed by atoms with Crippen LogP contribution in [-0.2, 0) is 14.3 Å². The van der Waals surface area contributed by atoms with Gasteiger partial charge in [0.05, 0.1) is 13.2 Å². The van der Waals surface area contributed by atoms with E-state index in [4.69, 9.17) is 4.74 Å². The van der Waals surface area contributed by atoms with E-state index in [1.807, 2.05) is 13.8 Å². The summed E-state index contributed by atoms with van der Waals surface area (Å²) in [5.41, 5.74) is 0. The Balaban J connectivity index is 2.30. The minimum Gasteiger partial charge on any atom is -0.380 e. The quantitative estimate of drug-likeness (QED) is 0.624. The van der Waals surface area contributed by atoms with Gasteiger partial charge in [-0.1, -0.05) is 6.92 Å². The molecule has 1 heterocycles. The third-order valence-electron chi connectivity index (χ3n) is 3.24. The van der Waals surface area contributed by atoms with Crippen LogP contribution in [0.3, 0.4) is 0 Å². The molecule has 1 rings (SSSR count). The summed E-state index contributed by atoms with van der Waals surface area (Å²) in [4.78, 5) is 27.0. The number of likely N-dealkylation sites (tertiary alicyclic amines) is 1. The second-order valence-corrected chi connectivity index (χ2v) is 4.49. The Morgan fingerprint density at radius 2 is 2.00 bits per heavy atom. The van der Waals surface area contributed by atoms with Gasteiger partial charge in [-0.3, -0.25) is 14.5 Å². The minimum atomic E-state index is 0.126. The molecular weight excluding hydrogens is 232 g/mol. The molecule has 0 aromatic carbocycles. The van der Waals surface area contributed by atoms with E-state index in [9.17, 15) is 9.59 Å². The van der Waals surface area contributed by atoms with E-state index in [1.165, 1.54) is 0 Å². The van der Waals surface area contributed by atoms with Crippen molar-refractivity contribution in [3.05, 3.63) is 0 Å². The number of ketones is 1. The average Bonchev–Trinajstić information content (AvgIpc) is 2.38. The Labute approximate surface area is 109 Å². The summed E-state index contributed by atoms with van der Waals surface area (Å²) in [6.07, 6.45) is 1.02. The topological polar surface area (TPSA) is 49.9 Å². The van der Waals surface area contributed by atoms with Gasteiger partial charge >= 0.3 is 0 Å². The maximum Gasteiger partial charge on any atom is 0.236 e. The first-order valence-electron chi connectivity index (χ1n) is 6.77. The van der Waals surface area contributed by atoms with Gasteiger partial charge < -0.3 is 9.64 Å². The second-order valence-electron chi connectivity index (χ2n) is 4.49. The van der Waals surface area contributed by atoms with Crippen molar-refractivity contribution in [1.82, 2.24) is 9.80 Å². The monoisotopic (exact) mass is 256 g/mol. The number of hydrogen-bond acceptors (Lipinski definition) is 4. The molecule has 5 nitrogen and oxygen atoms in total. The highest BCUT2D eigenvalue weighted by Gasteiger charge is 2.21. The van der Waals surface area contributed by atoms with Gasteiger partial charge in [-0.2, -0.15) is 0 Å². The minimum absolute atomic E-state index is 0.126. The number of carbonyl (C=O) groups is 2. The lowest BCUT2D eigenvalue weighted by atomic mass is 10.1. The molecule has 0 spiro atoms. The van der Waals surface area contributed by atoms with Crippen molar-refractivity contribution in [2.24, 2.45) is 0 Å². The Morgan fingerprint density at radius 1 is 1.33 bits per heavy atom. The van der Waals surface area contributed by atoms with E-state index in [0.29, 0.717) is 45.7 Å². The highest BCUT2D eigenvalue weighted by molar-refractivity contribution is 5.84. The molecule has 1 saturated heterocycles. The first-order chi connectivity index (χ1) is 8.67. The van der Waals surface area contributed by atoms with Crippen molar-refractivity contribution in [3.63, 3.8) is 0 Å². The van der Waals surface area contributed by atoms with Crippen molar-refractivity contribution < 1.29 is 14.3 Å². The third-order valence-corrected chi connectivity index (χ3v) is 3.24. The fourth-order valence-electron chi connectivity index (χ4n) is 1.98. The molecule has 5 heteroatoms. The lowest BCUT2D eigenvalue weighted by Crippen LogP contribution is -2.45. The molecule has 1 aliphatic rings. The number of Topliss-reactive ketones (excluding diaryl/α,β-unsaturated/α-hetero) is 1. The molecule has 0 N–H and O–H groups in total. The molecule has 104 valence electrons. The molecule has 0 aliphatic carbocycles. The predicted octanol–water partition coefficient (Wildman–Crippen LogP) is 0.536. The average molecular weight is 256 g/mol. The number of piperidine rings is 1. The van der Waals surface area contributed by atoms with Crippen LogP contribution in [0.2, 0.25) is 0 Å². The van der Waals surface area contributed by atoms with Crippen LogP contribution < -0.4 is 0 Å². The van der Waals surface area contributed by atoms with Crippen LogP contribution in [0.1, 0.15) is 26.7 Å². The van der Waals surface area contributed by atoms with E-state index in [0.717, 1.165) is 13.1 Å². The van der Waals surface area contributed by atoms with Gasteiger partial charge in [0.1, 0.15) is 5.78 Å². The number of carbonyl (C=O) groups excluding carboxylic acids is 2. The number of nitrogens with zero attached hydrogens (tertiary/aromatic N) is 2. The van der Waals surface area contributed by atoms with E-state index in [-0.39, 0.29) is 11.7 Å². The van der Waals surface area contributed by atoms with Gasteiger partial charge in [-0.05, 0) is 13.5 Å². The first-order valence-corrected chi connectivity index (χ1v) is 6.77. The van der Waals surface area contributed by atoms with Crippen LogP contribution in [0.25, 0.3) is 0 Å². The van der Waals surface area contributed by atoms with E-state index >= 15 is 0 Å². The van der Waals surface area contributed by atoms with Crippen molar-refractivity contribution in [2.45, 2.75) is 26.7 Å². The number of amides is 1. The van der Waals surface area contributed by atoms with Crippen LogP contribution in [-0.4, -0.2) is 67.4 Å². The van der Waals surface area contributed by atoms with E-state index in [2.05, 4.69) is 4.90 Å². The molecule has 0 atom stereocenters. The van der Waals surface area contributed by atoms with Gasteiger partial charge in [-0.15, -0.1) is 0 Å². The molecule has 0 radical (unpaired) electrons. The standard InChI is InChI=1S/C13H24N2O3/c1-3-14(9-10-18-4-2)11-13(17)15-7-5-12(16)6-8-15/h3-11H2,1-2H3. The Bertz CT molecular complexity index is 271. The normalized spacial score (nSPS) is 16.4. The molecule has 0 unspecified atom stereocenters. The van der Waals surface area contributed by atoms with E-state index < -0.39 is 0 Å². The largest absolute Gasteiger partial charge is 0.380 e. The van der Waals surface area contributed by atoms with Crippen LogP contribution in [0.4, 0.5) is 0 Å².